The number of cyclic esters (lactones) is 1. The largest absolute Gasteiger partial charge is 0.464 e. The average molecular weight is 781 g/mol. The number of amides is 2. The summed E-state index contributed by atoms with van der Waals surface area (Å²) in [5, 5.41) is 16.0. The third-order valence-corrected chi connectivity index (χ3v) is 12.1. The number of aliphatic hydroxyl groups excluding tert-OH is 1. The number of fused-ring (bicyclic) bond motifs is 6. The van der Waals surface area contributed by atoms with Gasteiger partial charge in [-0.15, -0.1) is 11.3 Å². The normalized spacial score (nSPS) is 22.9. The van der Waals surface area contributed by atoms with Gasteiger partial charge in [0.15, 0.2) is 0 Å². The highest BCUT2D eigenvalue weighted by molar-refractivity contribution is 7.10. The molecule has 13 nitrogen and oxygen atoms in total. The van der Waals surface area contributed by atoms with Crippen molar-refractivity contribution >= 4 is 45.7 Å². The zero-order valence-corrected chi connectivity index (χ0v) is 33.3. The number of thiazole rings is 1. The minimum absolute atomic E-state index is 0.0426. The molecule has 0 spiro atoms. The number of benzene rings is 1. The van der Waals surface area contributed by atoms with Gasteiger partial charge in [0.2, 0.25) is 0 Å². The molecule has 294 valence electrons. The zero-order chi connectivity index (χ0) is 39.3. The summed E-state index contributed by atoms with van der Waals surface area (Å²) in [5.41, 5.74) is 10.2. The van der Waals surface area contributed by atoms with Crippen molar-refractivity contribution in [2.75, 3.05) is 33.0 Å². The van der Waals surface area contributed by atoms with Crippen LogP contribution in [0.1, 0.15) is 69.8 Å². The number of nitrogens with one attached hydrogen (secondary N) is 1. The van der Waals surface area contributed by atoms with E-state index in [4.69, 9.17) is 19.2 Å². The summed E-state index contributed by atoms with van der Waals surface area (Å²) >= 11 is 1.41. The molecule has 0 unspecified atom stereocenters. The fourth-order valence-electron chi connectivity index (χ4n) is 7.88. The second kappa shape index (κ2) is 15.4. The molecule has 2 amide bonds. The first kappa shape index (κ1) is 38.3. The summed E-state index contributed by atoms with van der Waals surface area (Å²) in [4.78, 5) is 55.0. The predicted octanol–water partition coefficient (Wildman–Crippen LogP) is 5.39. The lowest BCUT2D eigenvalue weighted by atomic mass is 9.84. The molecule has 14 heteroatoms. The summed E-state index contributed by atoms with van der Waals surface area (Å²) in [6, 6.07) is 9.41. The van der Waals surface area contributed by atoms with Gasteiger partial charge in [-0.25, -0.2) is 15.4 Å². The first-order chi connectivity index (χ1) is 26.9. The van der Waals surface area contributed by atoms with E-state index in [1.165, 1.54) is 16.3 Å². The molecule has 2 fully saturated rings. The third-order valence-electron chi connectivity index (χ3n) is 11.2. The molecule has 6 bridgehead atoms. The molecule has 3 atom stereocenters. The van der Waals surface area contributed by atoms with Gasteiger partial charge in [0.1, 0.15) is 17.9 Å². The number of carbonyl (C=O) groups excluding carboxylic acids is 3. The van der Waals surface area contributed by atoms with Gasteiger partial charge in [-0.3, -0.25) is 24.4 Å². The van der Waals surface area contributed by atoms with E-state index in [0.717, 1.165) is 44.6 Å². The van der Waals surface area contributed by atoms with Crippen molar-refractivity contribution in [2.45, 2.75) is 85.1 Å². The smallest absolute Gasteiger partial charge is 0.324 e. The lowest BCUT2D eigenvalue weighted by Crippen LogP contribution is -2.57. The van der Waals surface area contributed by atoms with Crippen molar-refractivity contribution in [1.82, 2.24) is 25.0 Å². The van der Waals surface area contributed by atoms with E-state index < -0.39 is 35.3 Å². The maximum atomic E-state index is 14.1. The number of hydrazine groups is 1. The maximum Gasteiger partial charge on any atom is 0.324 e. The van der Waals surface area contributed by atoms with Gasteiger partial charge in [0.25, 0.3) is 11.8 Å². The van der Waals surface area contributed by atoms with Gasteiger partial charge in [-0.1, -0.05) is 32.4 Å². The van der Waals surface area contributed by atoms with E-state index in [-0.39, 0.29) is 30.8 Å². The van der Waals surface area contributed by atoms with Crippen molar-refractivity contribution < 1.29 is 33.7 Å². The topological polar surface area (TPSA) is 157 Å². The van der Waals surface area contributed by atoms with Crippen molar-refractivity contribution in [2.24, 2.45) is 16.3 Å². The van der Waals surface area contributed by atoms with Gasteiger partial charge in [0.05, 0.1) is 54.6 Å². The molecule has 4 aliphatic rings. The minimum Gasteiger partial charge on any atom is -0.464 e. The molecule has 0 saturated carbocycles. The molecular formula is C42H48N6O7S. The predicted molar refractivity (Wildman–Crippen MR) is 212 cm³/mol. The molecule has 2 N–H and O–H groups in total. The number of esters is 1. The Bertz CT molecular complexity index is 2270. The van der Waals surface area contributed by atoms with E-state index >= 15 is 0 Å². The molecule has 6 heterocycles. The molecule has 1 aromatic carbocycles. The molecule has 3 aromatic heterocycles. The minimum atomic E-state index is -0.822. The fourth-order valence-corrected chi connectivity index (χ4v) is 8.68. The highest BCUT2D eigenvalue weighted by atomic mass is 32.1. The number of carbonyl (C=O) groups is 3. The maximum absolute atomic E-state index is 14.1. The summed E-state index contributed by atoms with van der Waals surface area (Å²) in [6.07, 6.45) is 2.58. The molecule has 4 aromatic rings. The highest BCUT2D eigenvalue weighted by Gasteiger charge is 2.37. The van der Waals surface area contributed by atoms with Crippen LogP contribution in [-0.4, -0.2) is 93.3 Å². The number of rotatable bonds is 7. The Morgan fingerprint density at radius 2 is 2.04 bits per heavy atom. The van der Waals surface area contributed by atoms with Crippen LogP contribution in [0, 0.1) is 11.3 Å². The number of aliphatic imine (C=N–C) groups is 1. The lowest BCUT2D eigenvalue weighted by molar-refractivity contribution is -0.153. The van der Waals surface area contributed by atoms with Crippen molar-refractivity contribution in [1.29, 1.82) is 0 Å². The SMILES string of the molecule is CC1=C(C(=O)N=C2Cc3nc(cs3)-c3ccc4c(c3)c(c(-c3cccnc3[C@H](C)O)n4CCOC3COC3)CC(C)(C)COC(=O)[C@@H]3CCCN(N3)C2=O)[C@H]1C. The van der Waals surface area contributed by atoms with E-state index in [0.29, 0.717) is 68.4 Å². The van der Waals surface area contributed by atoms with Crippen LogP contribution >= 0.6 is 11.3 Å². The molecule has 56 heavy (non-hydrogen) atoms. The Morgan fingerprint density at radius 1 is 1.23 bits per heavy atom. The molecule has 3 aliphatic heterocycles. The van der Waals surface area contributed by atoms with Gasteiger partial charge < -0.3 is 23.9 Å². The second-order valence-electron chi connectivity index (χ2n) is 16.1. The standard InChI is InChI=1S/C42H48N6O7S/c1-23-24(2)36(23)39(50)45-32-17-35-44-33(21-56-35)26-10-11-34-29(16-26)30(18-42(4,5)22-55-41(52)31-9-7-13-48(46-31)40(32)51)38(28-8-6-12-43-37(28)25(3)49)47(34)14-15-54-27-19-53-20-27/h6,8,10-12,16,21,23,25,27,31,46,49H,7,9,13-15,17-20,22H2,1-5H3/t23-,25-,31-/m0/s1. The zero-order valence-electron chi connectivity index (χ0n) is 32.5. The Balaban J connectivity index is 1.26. The third kappa shape index (κ3) is 7.60. The number of aliphatic hydroxyl groups is 1. The van der Waals surface area contributed by atoms with Crippen LogP contribution in [0.15, 0.2) is 58.0 Å². The van der Waals surface area contributed by atoms with E-state index in [1.807, 2.05) is 37.4 Å². The van der Waals surface area contributed by atoms with Gasteiger partial charge in [0, 0.05) is 70.0 Å². The molecule has 8 rings (SSSR count). The molecule has 1 aliphatic carbocycles. The summed E-state index contributed by atoms with van der Waals surface area (Å²) in [7, 11) is 0. The highest BCUT2D eigenvalue weighted by Crippen LogP contribution is 2.42. The van der Waals surface area contributed by atoms with E-state index in [9.17, 15) is 19.5 Å². The molecule has 0 radical (unpaired) electrons. The summed E-state index contributed by atoms with van der Waals surface area (Å²) in [6.45, 7) is 12.3. The monoisotopic (exact) mass is 780 g/mol. The van der Waals surface area contributed by atoms with E-state index in [2.05, 4.69) is 45.9 Å². The second-order valence-corrected chi connectivity index (χ2v) is 17.0. The van der Waals surface area contributed by atoms with Gasteiger partial charge >= 0.3 is 5.97 Å². The Kier molecular flexibility index (Phi) is 10.5. The van der Waals surface area contributed by atoms with Crippen LogP contribution in [0.5, 0.6) is 0 Å². The fraction of sp³-hybridized carbons (Fsp3) is 0.476. The van der Waals surface area contributed by atoms with E-state index in [1.54, 1.807) is 13.1 Å². The first-order valence-electron chi connectivity index (χ1n) is 19.4. The Morgan fingerprint density at radius 3 is 2.77 bits per heavy atom. The summed E-state index contributed by atoms with van der Waals surface area (Å²) in [5.74, 6) is -1.28. The van der Waals surface area contributed by atoms with Crippen LogP contribution in [0.3, 0.4) is 0 Å². The van der Waals surface area contributed by atoms with Crippen LogP contribution in [0.2, 0.25) is 0 Å². The van der Waals surface area contributed by atoms with Crippen LogP contribution < -0.4 is 5.43 Å². The van der Waals surface area contributed by atoms with Gasteiger partial charge in [-0.2, -0.15) is 0 Å². The van der Waals surface area contributed by atoms with Crippen molar-refractivity contribution in [3.63, 3.8) is 0 Å². The molecular weight excluding hydrogens is 733 g/mol. The van der Waals surface area contributed by atoms with Crippen LogP contribution in [0.25, 0.3) is 33.4 Å². The van der Waals surface area contributed by atoms with Crippen molar-refractivity contribution in [3.8, 4) is 22.5 Å². The quantitative estimate of drug-likeness (QED) is 0.233. The van der Waals surface area contributed by atoms with Crippen molar-refractivity contribution in [3.05, 3.63) is 69.3 Å². The number of allylic oxidation sites excluding steroid dienone is 1. The Labute approximate surface area is 329 Å². The number of nitrogens with zero attached hydrogens (tertiary/aromatic N) is 5. The van der Waals surface area contributed by atoms with Crippen LogP contribution in [-0.2, 0) is 48.0 Å². The Hall–Kier alpha value is -4.60. The number of pyridine rings is 1. The lowest BCUT2D eigenvalue weighted by Gasteiger charge is -2.33. The average Bonchev–Trinajstić information content (AvgIpc) is 3.44. The first-order valence-corrected chi connectivity index (χ1v) is 20.3. The van der Waals surface area contributed by atoms with Crippen LogP contribution in [0.4, 0.5) is 0 Å². The van der Waals surface area contributed by atoms with Gasteiger partial charge in [-0.05, 0) is 62.9 Å². The number of ether oxygens (including phenoxy) is 3. The number of hydrogen-bond acceptors (Lipinski definition) is 11. The number of aromatic nitrogens is 3. The molecule has 2 saturated heterocycles. The summed E-state index contributed by atoms with van der Waals surface area (Å²) < 4.78 is 19.8. The number of hydrogen-bond donors (Lipinski definition) is 2.